The Balaban J connectivity index is 2.54. The molecule has 1 aliphatic rings. The first-order valence-electron chi connectivity index (χ1n) is 3.00. The minimum atomic E-state index is -1.05. The number of rotatable bonds is 2. The first-order chi connectivity index (χ1) is 4.74. The maximum Gasteiger partial charge on any atom is 0.332 e. The van der Waals surface area contributed by atoms with Crippen molar-refractivity contribution in [2.45, 2.75) is 12.4 Å². The molecule has 1 heterocycles. The molecule has 2 unspecified atom stereocenters. The monoisotopic (exact) mass is 160 g/mol. The molecule has 0 fully saturated rings. The van der Waals surface area contributed by atoms with Crippen LogP contribution in [0.15, 0.2) is 12.2 Å². The fourth-order valence-electron chi connectivity index (χ4n) is 0.656. The summed E-state index contributed by atoms with van der Waals surface area (Å²) in [6.45, 7) is 1.79. The molecule has 4 heteroatoms. The van der Waals surface area contributed by atoms with Crippen LogP contribution in [0, 0.1) is 0 Å². The van der Waals surface area contributed by atoms with Crippen molar-refractivity contribution in [1.29, 1.82) is 0 Å². The van der Waals surface area contributed by atoms with Gasteiger partial charge in [0.05, 0.1) is 10.8 Å². The van der Waals surface area contributed by atoms with Crippen LogP contribution < -0.4 is 0 Å². The molecule has 0 bridgehead atoms. The highest BCUT2D eigenvalue weighted by atomic mass is 32.2. The van der Waals surface area contributed by atoms with Crippen LogP contribution in [0.1, 0.15) is 6.92 Å². The highest BCUT2D eigenvalue weighted by molar-refractivity contribution is 7.85. The van der Waals surface area contributed by atoms with Gasteiger partial charge in [-0.1, -0.05) is 6.92 Å². The van der Waals surface area contributed by atoms with Gasteiger partial charge in [0.25, 0.3) is 0 Å². The SMILES string of the molecule is CCS(=O)C1C=CC(=O)O1. The Morgan fingerprint density at radius 1 is 1.80 bits per heavy atom. The lowest BCUT2D eigenvalue weighted by Gasteiger charge is -2.04. The quantitative estimate of drug-likeness (QED) is 0.542. The number of carbonyl (C=O) groups excluding carboxylic acids is 1. The highest BCUT2D eigenvalue weighted by Crippen LogP contribution is 2.08. The second kappa shape index (κ2) is 2.96. The zero-order chi connectivity index (χ0) is 7.56. The van der Waals surface area contributed by atoms with Gasteiger partial charge in [-0.25, -0.2) is 4.79 Å². The van der Waals surface area contributed by atoms with Crippen molar-refractivity contribution in [3.8, 4) is 0 Å². The standard InChI is InChI=1S/C6H8O3S/c1-2-10(8)6-4-3-5(7)9-6/h3-4,6H,2H2,1H3. The number of carbonyl (C=O) groups is 1. The lowest BCUT2D eigenvalue weighted by atomic mass is 10.6. The molecule has 0 amide bonds. The average molecular weight is 160 g/mol. The highest BCUT2D eigenvalue weighted by Gasteiger charge is 2.20. The normalized spacial score (nSPS) is 26.5. The molecule has 1 aliphatic heterocycles. The number of hydrogen-bond acceptors (Lipinski definition) is 3. The molecule has 10 heavy (non-hydrogen) atoms. The van der Waals surface area contributed by atoms with Crippen molar-refractivity contribution < 1.29 is 13.7 Å². The van der Waals surface area contributed by atoms with Crippen molar-refractivity contribution >= 4 is 16.8 Å². The number of ether oxygens (including phenoxy) is 1. The Bertz CT molecular complexity index is 197. The maximum absolute atomic E-state index is 10.9. The number of esters is 1. The van der Waals surface area contributed by atoms with E-state index in [2.05, 4.69) is 4.74 Å². The van der Waals surface area contributed by atoms with E-state index >= 15 is 0 Å². The largest absolute Gasteiger partial charge is 0.441 e. The number of hydrogen-bond donors (Lipinski definition) is 0. The van der Waals surface area contributed by atoms with Crippen LogP contribution in [0.25, 0.3) is 0 Å². The minimum absolute atomic E-state index is 0.396. The lowest BCUT2D eigenvalue weighted by Crippen LogP contribution is -2.15. The molecule has 0 radical (unpaired) electrons. The van der Waals surface area contributed by atoms with Crippen molar-refractivity contribution in [2.75, 3.05) is 5.75 Å². The van der Waals surface area contributed by atoms with Crippen LogP contribution in [0.4, 0.5) is 0 Å². The Morgan fingerprint density at radius 3 is 2.90 bits per heavy atom. The summed E-state index contributed by atoms with van der Waals surface area (Å²) in [6.07, 6.45) is 2.83. The zero-order valence-electron chi connectivity index (χ0n) is 5.57. The van der Waals surface area contributed by atoms with E-state index in [9.17, 15) is 9.00 Å². The van der Waals surface area contributed by atoms with Gasteiger partial charge in [0.1, 0.15) is 0 Å². The van der Waals surface area contributed by atoms with Crippen molar-refractivity contribution in [2.24, 2.45) is 0 Å². The summed E-state index contributed by atoms with van der Waals surface area (Å²) in [4.78, 5) is 10.4. The summed E-state index contributed by atoms with van der Waals surface area (Å²) in [5.74, 6) is 0.120. The van der Waals surface area contributed by atoms with Gasteiger partial charge in [-0.2, -0.15) is 0 Å². The van der Waals surface area contributed by atoms with E-state index in [-0.39, 0.29) is 0 Å². The Hall–Kier alpha value is -0.640. The molecular formula is C6H8O3S. The van der Waals surface area contributed by atoms with Crippen molar-refractivity contribution in [1.82, 2.24) is 0 Å². The van der Waals surface area contributed by atoms with Gasteiger partial charge in [0.2, 0.25) is 0 Å². The van der Waals surface area contributed by atoms with Crippen LogP contribution in [0.5, 0.6) is 0 Å². The van der Waals surface area contributed by atoms with E-state index in [0.29, 0.717) is 5.75 Å². The van der Waals surface area contributed by atoms with Gasteiger partial charge in [0.15, 0.2) is 5.44 Å². The second-order valence-electron chi connectivity index (χ2n) is 1.83. The fraction of sp³-hybridized carbons (Fsp3) is 0.500. The predicted molar refractivity (Wildman–Crippen MR) is 37.7 cm³/mol. The molecule has 0 aliphatic carbocycles. The third-order valence-electron chi connectivity index (χ3n) is 1.17. The van der Waals surface area contributed by atoms with Crippen LogP contribution in [0.2, 0.25) is 0 Å². The molecule has 56 valence electrons. The average Bonchev–Trinajstić information content (AvgIpc) is 2.34. The van der Waals surface area contributed by atoms with E-state index in [1.54, 1.807) is 6.92 Å². The fourth-order valence-corrected chi connectivity index (χ4v) is 1.44. The van der Waals surface area contributed by atoms with Gasteiger partial charge >= 0.3 is 5.97 Å². The predicted octanol–water partition coefficient (Wildman–Crippen LogP) is 0.194. The number of cyclic esters (lactones) is 1. The summed E-state index contributed by atoms with van der Waals surface area (Å²) in [5, 5.41) is 0. The molecule has 0 N–H and O–H groups in total. The summed E-state index contributed by atoms with van der Waals surface area (Å²) < 4.78 is 15.6. The molecule has 0 aromatic heterocycles. The maximum atomic E-state index is 10.9. The van der Waals surface area contributed by atoms with Crippen LogP contribution in [0.3, 0.4) is 0 Å². The first kappa shape index (κ1) is 7.47. The van der Waals surface area contributed by atoms with E-state index in [4.69, 9.17) is 0 Å². The Labute approximate surface area is 61.5 Å². The third-order valence-corrected chi connectivity index (χ3v) is 2.51. The summed E-state index contributed by atoms with van der Waals surface area (Å²) >= 11 is 0. The van der Waals surface area contributed by atoms with Gasteiger partial charge in [-0.15, -0.1) is 0 Å². The summed E-state index contributed by atoms with van der Waals surface area (Å²) in [5.41, 5.74) is -0.502. The van der Waals surface area contributed by atoms with Crippen molar-refractivity contribution in [3.05, 3.63) is 12.2 Å². The first-order valence-corrected chi connectivity index (χ1v) is 4.38. The third kappa shape index (κ3) is 1.44. The molecular weight excluding hydrogens is 152 g/mol. The molecule has 0 aromatic rings. The van der Waals surface area contributed by atoms with E-state index in [0.717, 1.165) is 0 Å². The minimum Gasteiger partial charge on any atom is -0.441 e. The van der Waals surface area contributed by atoms with Crippen LogP contribution >= 0.6 is 0 Å². The van der Waals surface area contributed by atoms with Gasteiger partial charge in [-0.3, -0.25) is 4.21 Å². The molecule has 0 saturated carbocycles. The molecule has 0 spiro atoms. The van der Waals surface area contributed by atoms with Crippen LogP contribution in [-0.4, -0.2) is 21.4 Å². The lowest BCUT2D eigenvalue weighted by molar-refractivity contribution is -0.136. The van der Waals surface area contributed by atoms with Crippen LogP contribution in [-0.2, 0) is 20.3 Å². The van der Waals surface area contributed by atoms with E-state index in [1.165, 1.54) is 12.2 Å². The Kier molecular flexibility index (Phi) is 2.21. The molecule has 0 aromatic carbocycles. The molecule has 0 saturated heterocycles. The topological polar surface area (TPSA) is 43.4 Å². The summed E-state index contributed by atoms with van der Waals surface area (Å²) in [7, 11) is -1.05. The van der Waals surface area contributed by atoms with E-state index in [1.807, 2.05) is 0 Å². The molecule has 1 rings (SSSR count). The van der Waals surface area contributed by atoms with E-state index < -0.39 is 22.2 Å². The van der Waals surface area contributed by atoms with Gasteiger partial charge in [-0.05, 0) is 6.08 Å². The second-order valence-corrected chi connectivity index (χ2v) is 3.64. The van der Waals surface area contributed by atoms with Gasteiger partial charge in [0, 0.05) is 11.8 Å². The van der Waals surface area contributed by atoms with Crippen molar-refractivity contribution in [3.63, 3.8) is 0 Å². The molecule has 3 nitrogen and oxygen atoms in total. The summed E-state index contributed by atoms with van der Waals surface area (Å²) in [6, 6.07) is 0. The Morgan fingerprint density at radius 2 is 2.50 bits per heavy atom. The zero-order valence-corrected chi connectivity index (χ0v) is 6.39. The smallest absolute Gasteiger partial charge is 0.332 e. The molecule has 2 atom stereocenters. The van der Waals surface area contributed by atoms with Gasteiger partial charge < -0.3 is 4.74 Å².